The molecule has 0 saturated heterocycles. The summed E-state index contributed by atoms with van der Waals surface area (Å²) in [6.45, 7) is 0. The topological polar surface area (TPSA) is 42.1 Å². The highest BCUT2D eigenvalue weighted by atomic mass is 79.9. The lowest BCUT2D eigenvalue weighted by Crippen LogP contribution is -2.08. The van der Waals surface area contributed by atoms with Crippen LogP contribution in [0.3, 0.4) is 0 Å². The summed E-state index contributed by atoms with van der Waals surface area (Å²) in [4.78, 5) is 15.5. The number of fused-ring (bicyclic) bond motifs is 1. The van der Waals surface area contributed by atoms with Crippen molar-refractivity contribution in [1.82, 2.24) is 4.98 Å². The fourth-order valence-corrected chi connectivity index (χ4v) is 2.69. The number of H-pyrrole nitrogens is 1. The minimum atomic E-state index is -0.537. The molecule has 1 heterocycles. The van der Waals surface area contributed by atoms with Crippen LogP contribution in [0.1, 0.15) is 0 Å². The Kier molecular flexibility index (Phi) is 3.51. The lowest BCUT2D eigenvalue weighted by Gasteiger charge is -2.07. The van der Waals surface area contributed by atoms with Crippen LogP contribution in [0.25, 0.3) is 22.0 Å². The molecule has 106 valence electrons. The van der Waals surface area contributed by atoms with Crippen LogP contribution in [-0.2, 0) is 0 Å². The highest BCUT2D eigenvalue weighted by Gasteiger charge is 2.13. The van der Waals surface area contributed by atoms with E-state index in [4.69, 9.17) is 4.74 Å². The number of hydrogen-bond donors (Lipinski definition) is 1. The zero-order valence-corrected chi connectivity index (χ0v) is 12.7. The number of nitrogens with one attached hydrogen (secondary N) is 1. The highest BCUT2D eigenvalue weighted by molar-refractivity contribution is 9.10. The number of halogens is 2. The molecule has 2 aromatic carbocycles. The third-order valence-electron chi connectivity index (χ3n) is 3.34. The number of benzene rings is 2. The number of methoxy groups -OCH3 is 1. The van der Waals surface area contributed by atoms with Gasteiger partial charge in [-0.15, -0.1) is 0 Å². The predicted molar refractivity (Wildman–Crippen MR) is 84.2 cm³/mol. The summed E-state index contributed by atoms with van der Waals surface area (Å²) >= 11 is 3.31. The second-order valence-corrected chi connectivity index (χ2v) is 5.39. The van der Waals surface area contributed by atoms with E-state index in [1.807, 2.05) is 0 Å². The van der Waals surface area contributed by atoms with E-state index in [0.717, 1.165) is 0 Å². The van der Waals surface area contributed by atoms with Crippen LogP contribution in [0.2, 0.25) is 0 Å². The standard InChI is InChI=1S/C16H11BrFNO2/c1-21-10-4-2-9(3-5-10)11-8-19-15-12(17)6-7-13(18)14(15)16(11)20/h2-8H,1H3,(H,19,20). The van der Waals surface area contributed by atoms with Gasteiger partial charge in [0.2, 0.25) is 0 Å². The molecular formula is C16H11BrFNO2. The molecule has 0 bridgehead atoms. The number of rotatable bonds is 2. The summed E-state index contributed by atoms with van der Waals surface area (Å²) in [6.07, 6.45) is 1.59. The molecule has 1 aromatic heterocycles. The van der Waals surface area contributed by atoms with Gasteiger partial charge in [0.15, 0.2) is 5.43 Å². The summed E-state index contributed by atoms with van der Waals surface area (Å²) in [6, 6.07) is 9.91. The average Bonchev–Trinajstić information content (AvgIpc) is 2.51. The average molecular weight is 348 g/mol. The van der Waals surface area contributed by atoms with Crippen molar-refractivity contribution in [2.45, 2.75) is 0 Å². The van der Waals surface area contributed by atoms with Crippen molar-refractivity contribution >= 4 is 26.8 Å². The third-order valence-corrected chi connectivity index (χ3v) is 4.00. The molecule has 0 spiro atoms. The van der Waals surface area contributed by atoms with E-state index in [2.05, 4.69) is 20.9 Å². The van der Waals surface area contributed by atoms with Crippen molar-refractivity contribution in [3.8, 4) is 16.9 Å². The van der Waals surface area contributed by atoms with Gasteiger partial charge in [0.25, 0.3) is 0 Å². The van der Waals surface area contributed by atoms with E-state index in [0.29, 0.717) is 26.9 Å². The van der Waals surface area contributed by atoms with Crippen molar-refractivity contribution in [3.05, 3.63) is 63.1 Å². The Hall–Kier alpha value is -2.14. The molecule has 0 fully saturated rings. The monoisotopic (exact) mass is 347 g/mol. The van der Waals surface area contributed by atoms with Crippen LogP contribution < -0.4 is 10.2 Å². The maximum absolute atomic E-state index is 14.0. The number of hydrogen-bond acceptors (Lipinski definition) is 2. The first-order chi connectivity index (χ1) is 10.1. The molecule has 3 aromatic rings. The van der Waals surface area contributed by atoms with E-state index >= 15 is 0 Å². The van der Waals surface area contributed by atoms with Crippen molar-refractivity contribution in [2.24, 2.45) is 0 Å². The maximum Gasteiger partial charge on any atom is 0.200 e. The van der Waals surface area contributed by atoms with Crippen LogP contribution in [-0.4, -0.2) is 12.1 Å². The fraction of sp³-hybridized carbons (Fsp3) is 0.0625. The van der Waals surface area contributed by atoms with Gasteiger partial charge in [-0.3, -0.25) is 4.79 Å². The van der Waals surface area contributed by atoms with E-state index in [-0.39, 0.29) is 10.8 Å². The Balaban J connectivity index is 2.27. The van der Waals surface area contributed by atoms with Crippen LogP contribution >= 0.6 is 15.9 Å². The minimum Gasteiger partial charge on any atom is -0.497 e. The molecule has 0 atom stereocenters. The molecule has 0 saturated carbocycles. The first kappa shape index (κ1) is 13.8. The molecule has 5 heteroatoms. The number of pyridine rings is 1. The van der Waals surface area contributed by atoms with Crippen LogP contribution in [0, 0.1) is 5.82 Å². The van der Waals surface area contributed by atoms with Gasteiger partial charge in [-0.2, -0.15) is 0 Å². The van der Waals surface area contributed by atoms with Crippen LogP contribution in [0.4, 0.5) is 4.39 Å². The van der Waals surface area contributed by atoms with Crippen molar-refractivity contribution in [1.29, 1.82) is 0 Å². The summed E-state index contributed by atoms with van der Waals surface area (Å²) in [5.41, 5.74) is 1.24. The Morgan fingerprint density at radius 1 is 1.14 bits per heavy atom. The minimum absolute atomic E-state index is 0.0534. The molecule has 0 amide bonds. The van der Waals surface area contributed by atoms with E-state index in [1.54, 1.807) is 43.6 Å². The molecule has 21 heavy (non-hydrogen) atoms. The second-order valence-electron chi connectivity index (χ2n) is 4.54. The van der Waals surface area contributed by atoms with E-state index < -0.39 is 5.82 Å². The van der Waals surface area contributed by atoms with Crippen molar-refractivity contribution in [2.75, 3.05) is 7.11 Å². The molecule has 3 rings (SSSR count). The van der Waals surface area contributed by atoms with Crippen LogP contribution in [0.5, 0.6) is 5.75 Å². The first-order valence-corrected chi connectivity index (χ1v) is 7.05. The van der Waals surface area contributed by atoms with Gasteiger partial charge < -0.3 is 9.72 Å². The zero-order chi connectivity index (χ0) is 15.0. The van der Waals surface area contributed by atoms with Gasteiger partial charge in [0.05, 0.1) is 18.0 Å². The Morgan fingerprint density at radius 2 is 1.86 bits per heavy atom. The summed E-state index contributed by atoms with van der Waals surface area (Å²) in [5, 5.41) is 0.0534. The largest absolute Gasteiger partial charge is 0.497 e. The molecule has 0 unspecified atom stereocenters. The van der Waals surface area contributed by atoms with E-state index in [1.165, 1.54) is 6.07 Å². The summed E-state index contributed by atoms with van der Waals surface area (Å²) in [5.74, 6) is 0.162. The van der Waals surface area contributed by atoms with Gasteiger partial charge in [-0.05, 0) is 45.8 Å². The smallest absolute Gasteiger partial charge is 0.200 e. The maximum atomic E-state index is 14.0. The molecule has 1 N–H and O–H groups in total. The second kappa shape index (κ2) is 5.33. The predicted octanol–water partition coefficient (Wildman–Crippen LogP) is 4.11. The lowest BCUT2D eigenvalue weighted by atomic mass is 10.0. The molecule has 0 aliphatic rings. The van der Waals surface area contributed by atoms with Crippen LogP contribution in [0.15, 0.2) is 51.9 Å². The third kappa shape index (κ3) is 2.34. The quantitative estimate of drug-likeness (QED) is 0.758. The van der Waals surface area contributed by atoms with Gasteiger partial charge >= 0.3 is 0 Å². The molecule has 3 nitrogen and oxygen atoms in total. The molecular weight excluding hydrogens is 337 g/mol. The van der Waals surface area contributed by atoms with Gasteiger partial charge in [-0.1, -0.05) is 12.1 Å². The van der Waals surface area contributed by atoms with Gasteiger partial charge in [0, 0.05) is 16.2 Å². The number of aromatic amines is 1. The summed E-state index contributed by atoms with van der Waals surface area (Å²) < 4.78 is 19.7. The number of ether oxygens (including phenoxy) is 1. The molecule has 0 aliphatic heterocycles. The van der Waals surface area contributed by atoms with Gasteiger partial charge in [-0.25, -0.2) is 4.39 Å². The van der Waals surface area contributed by atoms with E-state index in [9.17, 15) is 9.18 Å². The Labute approximate surface area is 128 Å². The SMILES string of the molecule is COc1ccc(-c2c[nH]c3c(Br)ccc(F)c3c2=O)cc1. The first-order valence-electron chi connectivity index (χ1n) is 6.25. The Morgan fingerprint density at radius 3 is 2.52 bits per heavy atom. The highest BCUT2D eigenvalue weighted by Crippen LogP contribution is 2.25. The van der Waals surface area contributed by atoms with Gasteiger partial charge in [0.1, 0.15) is 11.6 Å². The van der Waals surface area contributed by atoms with Crippen molar-refractivity contribution < 1.29 is 9.13 Å². The lowest BCUT2D eigenvalue weighted by molar-refractivity contribution is 0.415. The Bertz CT molecular complexity index is 872. The number of aromatic nitrogens is 1. The molecule has 0 radical (unpaired) electrons. The van der Waals surface area contributed by atoms with Crippen molar-refractivity contribution in [3.63, 3.8) is 0 Å². The summed E-state index contributed by atoms with van der Waals surface area (Å²) in [7, 11) is 1.57. The normalized spacial score (nSPS) is 10.8. The fourth-order valence-electron chi connectivity index (χ4n) is 2.24. The zero-order valence-electron chi connectivity index (χ0n) is 11.1. The molecule has 0 aliphatic carbocycles.